The maximum atomic E-state index is 5.49. The highest BCUT2D eigenvalue weighted by atomic mass is 16.9. The molecule has 1 aliphatic heterocycles. The minimum atomic E-state index is -0.984. The fourth-order valence-corrected chi connectivity index (χ4v) is 1.39. The molecular weight excluding hydrogens is 172 g/mol. The Morgan fingerprint density at radius 2 is 1.85 bits per heavy atom. The first kappa shape index (κ1) is 10.9. The van der Waals surface area contributed by atoms with E-state index >= 15 is 0 Å². The summed E-state index contributed by atoms with van der Waals surface area (Å²) in [4.78, 5) is 0. The number of hydrogen-bond donors (Lipinski definition) is 0. The highest BCUT2D eigenvalue weighted by Crippen LogP contribution is 2.25. The van der Waals surface area contributed by atoms with Gasteiger partial charge in [-0.25, -0.2) is 0 Å². The SMILES string of the molecule is CCOC1(OCC)OCCOC1C. The van der Waals surface area contributed by atoms with Crippen LogP contribution in [0.2, 0.25) is 0 Å². The van der Waals surface area contributed by atoms with Gasteiger partial charge in [-0.3, -0.25) is 0 Å². The Kier molecular flexibility index (Phi) is 4.12. The van der Waals surface area contributed by atoms with Gasteiger partial charge in [-0.05, 0) is 20.8 Å². The Bertz CT molecular complexity index is 137. The van der Waals surface area contributed by atoms with Crippen molar-refractivity contribution in [1.29, 1.82) is 0 Å². The molecular formula is C9H18O4. The molecule has 0 amide bonds. The molecule has 0 N–H and O–H groups in total. The topological polar surface area (TPSA) is 36.9 Å². The molecule has 4 nitrogen and oxygen atoms in total. The fourth-order valence-electron chi connectivity index (χ4n) is 1.39. The molecule has 1 rings (SSSR count). The Morgan fingerprint density at radius 3 is 2.31 bits per heavy atom. The van der Waals surface area contributed by atoms with Crippen molar-refractivity contribution >= 4 is 0 Å². The summed E-state index contributed by atoms with van der Waals surface area (Å²) >= 11 is 0. The molecule has 0 bridgehead atoms. The van der Waals surface area contributed by atoms with Crippen molar-refractivity contribution in [3.63, 3.8) is 0 Å². The number of rotatable bonds is 4. The third-order valence-electron chi connectivity index (χ3n) is 1.94. The first-order valence-electron chi connectivity index (χ1n) is 4.78. The predicted molar refractivity (Wildman–Crippen MR) is 47.3 cm³/mol. The lowest BCUT2D eigenvalue weighted by atomic mass is 10.3. The standard InChI is InChI=1S/C9H18O4/c1-4-11-9(12-5-2)8(3)10-6-7-13-9/h8H,4-7H2,1-3H3. The van der Waals surface area contributed by atoms with Crippen LogP contribution in [0.3, 0.4) is 0 Å². The molecule has 1 heterocycles. The van der Waals surface area contributed by atoms with Crippen LogP contribution in [0.25, 0.3) is 0 Å². The Labute approximate surface area is 79.1 Å². The van der Waals surface area contributed by atoms with Gasteiger partial charge in [0, 0.05) is 13.2 Å². The van der Waals surface area contributed by atoms with Crippen molar-refractivity contribution < 1.29 is 18.9 Å². The Hall–Kier alpha value is -0.160. The van der Waals surface area contributed by atoms with Gasteiger partial charge in [0.15, 0.2) is 0 Å². The van der Waals surface area contributed by atoms with Gasteiger partial charge in [-0.15, -0.1) is 0 Å². The van der Waals surface area contributed by atoms with Crippen molar-refractivity contribution in [3.05, 3.63) is 0 Å². The van der Waals surface area contributed by atoms with Crippen LogP contribution in [0.15, 0.2) is 0 Å². The molecule has 1 fully saturated rings. The van der Waals surface area contributed by atoms with E-state index in [0.29, 0.717) is 26.4 Å². The van der Waals surface area contributed by atoms with E-state index in [2.05, 4.69) is 0 Å². The van der Waals surface area contributed by atoms with Crippen LogP contribution in [-0.2, 0) is 18.9 Å². The largest absolute Gasteiger partial charge is 0.368 e. The van der Waals surface area contributed by atoms with Gasteiger partial charge in [0.25, 0.3) is 0 Å². The van der Waals surface area contributed by atoms with Crippen molar-refractivity contribution in [2.45, 2.75) is 32.8 Å². The number of ether oxygens (including phenoxy) is 4. The van der Waals surface area contributed by atoms with Crippen LogP contribution in [0.4, 0.5) is 0 Å². The van der Waals surface area contributed by atoms with E-state index < -0.39 is 5.97 Å². The van der Waals surface area contributed by atoms with Crippen LogP contribution in [-0.4, -0.2) is 38.5 Å². The summed E-state index contributed by atoms with van der Waals surface area (Å²) < 4.78 is 21.8. The highest BCUT2D eigenvalue weighted by Gasteiger charge is 2.43. The van der Waals surface area contributed by atoms with Crippen molar-refractivity contribution in [2.24, 2.45) is 0 Å². The molecule has 0 aromatic rings. The van der Waals surface area contributed by atoms with Crippen molar-refractivity contribution in [3.8, 4) is 0 Å². The summed E-state index contributed by atoms with van der Waals surface area (Å²) in [7, 11) is 0. The molecule has 1 unspecified atom stereocenters. The lowest BCUT2D eigenvalue weighted by molar-refractivity contribution is -0.433. The normalized spacial score (nSPS) is 27.5. The van der Waals surface area contributed by atoms with Gasteiger partial charge in [0.1, 0.15) is 6.10 Å². The monoisotopic (exact) mass is 190 g/mol. The van der Waals surface area contributed by atoms with Gasteiger partial charge < -0.3 is 18.9 Å². The van der Waals surface area contributed by atoms with E-state index in [1.54, 1.807) is 0 Å². The third kappa shape index (κ3) is 2.40. The molecule has 0 spiro atoms. The summed E-state index contributed by atoms with van der Waals surface area (Å²) in [5.74, 6) is -0.984. The molecule has 1 atom stereocenters. The number of hydrogen-bond acceptors (Lipinski definition) is 4. The van der Waals surface area contributed by atoms with Crippen molar-refractivity contribution in [1.82, 2.24) is 0 Å². The smallest absolute Gasteiger partial charge is 0.310 e. The molecule has 0 aromatic carbocycles. The molecule has 0 radical (unpaired) electrons. The maximum Gasteiger partial charge on any atom is 0.310 e. The minimum Gasteiger partial charge on any atom is -0.368 e. The Morgan fingerprint density at radius 1 is 1.23 bits per heavy atom. The second-order valence-corrected chi connectivity index (χ2v) is 2.83. The van der Waals surface area contributed by atoms with Gasteiger partial charge in [0.05, 0.1) is 13.2 Å². The van der Waals surface area contributed by atoms with Gasteiger partial charge in [-0.1, -0.05) is 0 Å². The zero-order valence-corrected chi connectivity index (χ0v) is 8.54. The average Bonchev–Trinajstić information content (AvgIpc) is 2.11. The predicted octanol–water partition coefficient (Wildman–Crippen LogP) is 1.15. The second-order valence-electron chi connectivity index (χ2n) is 2.83. The molecule has 0 aliphatic carbocycles. The van der Waals surface area contributed by atoms with Crippen LogP contribution >= 0.6 is 0 Å². The van der Waals surface area contributed by atoms with E-state index in [0.717, 1.165) is 0 Å². The first-order valence-corrected chi connectivity index (χ1v) is 4.78. The van der Waals surface area contributed by atoms with Gasteiger partial charge >= 0.3 is 5.97 Å². The fraction of sp³-hybridized carbons (Fsp3) is 1.00. The average molecular weight is 190 g/mol. The zero-order valence-electron chi connectivity index (χ0n) is 8.54. The summed E-state index contributed by atoms with van der Waals surface area (Å²) in [6, 6.07) is 0. The van der Waals surface area contributed by atoms with E-state index in [1.165, 1.54) is 0 Å². The van der Waals surface area contributed by atoms with Crippen LogP contribution in [0, 0.1) is 0 Å². The summed E-state index contributed by atoms with van der Waals surface area (Å²) in [6.45, 7) is 7.93. The highest BCUT2D eigenvalue weighted by molar-refractivity contribution is 4.70. The second kappa shape index (κ2) is 4.91. The molecule has 4 heteroatoms. The van der Waals surface area contributed by atoms with Gasteiger partial charge in [0.2, 0.25) is 0 Å². The van der Waals surface area contributed by atoms with Crippen LogP contribution < -0.4 is 0 Å². The van der Waals surface area contributed by atoms with E-state index in [4.69, 9.17) is 18.9 Å². The van der Waals surface area contributed by atoms with E-state index in [9.17, 15) is 0 Å². The summed E-state index contributed by atoms with van der Waals surface area (Å²) in [6.07, 6.45) is -0.179. The Balaban J connectivity index is 2.61. The summed E-state index contributed by atoms with van der Waals surface area (Å²) in [5.41, 5.74) is 0. The molecule has 13 heavy (non-hydrogen) atoms. The zero-order chi connectivity index (χ0) is 9.73. The van der Waals surface area contributed by atoms with E-state index in [1.807, 2.05) is 20.8 Å². The molecule has 1 saturated heterocycles. The third-order valence-corrected chi connectivity index (χ3v) is 1.94. The lowest BCUT2D eigenvalue weighted by Crippen LogP contribution is -2.53. The molecule has 0 aromatic heterocycles. The van der Waals surface area contributed by atoms with Crippen LogP contribution in [0.1, 0.15) is 20.8 Å². The first-order chi connectivity index (χ1) is 6.25. The quantitative estimate of drug-likeness (QED) is 0.623. The van der Waals surface area contributed by atoms with Crippen LogP contribution in [0.5, 0.6) is 0 Å². The lowest BCUT2D eigenvalue weighted by Gasteiger charge is -2.40. The van der Waals surface area contributed by atoms with E-state index in [-0.39, 0.29) is 6.10 Å². The molecule has 1 aliphatic rings. The van der Waals surface area contributed by atoms with Gasteiger partial charge in [-0.2, -0.15) is 0 Å². The maximum absolute atomic E-state index is 5.49. The van der Waals surface area contributed by atoms with Crippen molar-refractivity contribution in [2.75, 3.05) is 26.4 Å². The molecule has 78 valence electrons. The molecule has 0 saturated carbocycles. The minimum absolute atomic E-state index is 0.179. The summed E-state index contributed by atoms with van der Waals surface area (Å²) in [5, 5.41) is 0.